The van der Waals surface area contributed by atoms with Crippen molar-refractivity contribution >= 4 is 0 Å². The average Bonchev–Trinajstić information content (AvgIpc) is 3.11. The Morgan fingerprint density at radius 3 is 2.17 bits per heavy atom. The summed E-state index contributed by atoms with van der Waals surface area (Å²) in [5.41, 5.74) is 7.67. The molecule has 158 valence electrons. The standard InChI is InChI=1S/C23H35N5O/c1-17-11-18(2)21(12-20(17)14-26-7-5-25(4)6-8-26)15-27-9-10-28-22(16-27)13-23(24-28)19(3)29/h11-13,19,29H,5-10,14-16H2,1-4H3/t19-/m1/s1. The van der Waals surface area contributed by atoms with Gasteiger partial charge in [-0.2, -0.15) is 5.10 Å². The molecule has 2 aromatic rings. The zero-order valence-corrected chi connectivity index (χ0v) is 18.4. The summed E-state index contributed by atoms with van der Waals surface area (Å²) in [4.78, 5) is 7.49. The molecule has 1 aromatic carbocycles. The lowest BCUT2D eigenvalue weighted by atomic mass is 9.98. The van der Waals surface area contributed by atoms with Crippen LogP contribution in [0.1, 0.15) is 46.7 Å². The van der Waals surface area contributed by atoms with Crippen LogP contribution in [0.3, 0.4) is 0 Å². The summed E-state index contributed by atoms with van der Waals surface area (Å²) in [5.74, 6) is 0. The van der Waals surface area contributed by atoms with Gasteiger partial charge in [0.05, 0.1) is 24.0 Å². The molecule has 1 N–H and O–H groups in total. The molecule has 0 bridgehead atoms. The van der Waals surface area contributed by atoms with Gasteiger partial charge in [0, 0.05) is 52.4 Å². The summed E-state index contributed by atoms with van der Waals surface area (Å²) >= 11 is 0. The van der Waals surface area contributed by atoms with E-state index < -0.39 is 6.10 Å². The van der Waals surface area contributed by atoms with E-state index in [2.05, 4.69) is 63.6 Å². The lowest BCUT2D eigenvalue weighted by Crippen LogP contribution is -2.44. The molecule has 2 aliphatic heterocycles. The van der Waals surface area contributed by atoms with Crippen molar-refractivity contribution in [2.45, 2.75) is 53.1 Å². The summed E-state index contributed by atoms with van der Waals surface area (Å²) in [6.07, 6.45) is -0.502. The highest BCUT2D eigenvalue weighted by Gasteiger charge is 2.21. The van der Waals surface area contributed by atoms with Crippen molar-refractivity contribution < 1.29 is 5.11 Å². The molecule has 6 nitrogen and oxygen atoms in total. The molecule has 29 heavy (non-hydrogen) atoms. The summed E-state index contributed by atoms with van der Waals surface area (Å²) in [6.45, 7) is 15.7. The van der Waals surface area contributed by atoms with Gasteiger partial charge in [0.2, 0.25) is 0 Å². The first-order chi connectivity index (χ1) is 13.9. The third kappa shape index (κ3) is 4.72. The minimum Gasteiger partial charge on any atom is -0.387 e. The fourth-order valence-electron chi connectivity index (χ4n) is 4.46. The highest BCUT2D eigenvalue weighted by atomic mass is 16.3. The van der Waals surface area contributed by atoms with E-state index in [4.69, 9.17) is 0 Å². The number of hydrogen-bond donors (Lipinski definition) is 1. The second kappa shape index (κ2) is 8.56. The first-order valence-corrected chi connectivity index (χ1v) is 10.9. The van der Waals surface area contributed by atoms with Crippen LogP contribution in [0.4, 0.5) is 0 Å². The summed E-state index contributed by atoms with van der Waals surface area (Å²) < 4.78 is 2.05. The summed E-state index contributed by atoms with van der Waals surface area (Å²) in [5, 5.41) is 14.4. The third-order valence-electron chi connectivity index (χ3n) is 6.50. The van der Waals surface area contributed by atoms with Gasteiger partial charge in [-0.1, -0.05) is 12.1 Å². The van der Waals surface area contributed by atoms with Gasteiger partial charge in [0.1, 0.15) is 0 Å². The van der Waals surface area contributed by atoms with E-state index in [0.717, 1.165) is 64.6 Å². The molecule has 4 rings (SSSR count). The number of benzene rings is 1. The molecular weight excluding hydrogens is 362 g/mol. The van der Waals surface area contributed by atoms with Crippen LogP contribution in [0.25, 0.3) is 0 Å². The molecule has 6 heteroatoms. The Balaban J connectivity index is 1.45. The van der Waals surface area contributed by atoms with Gasteiger partial charge < -0.3 is 10.0 Å². The number of aromatic nitrogens is 2. The Morgan fingerprint density at radius 2 is 1.52 bits per heavy atom. The second-order valence-electron chi connectivity index (χ2n) is 8.95. The smallest absolute Gasteiger partial charge is 0.0950 e. The Morgan fingerprint density at radius 1 is 0.897 bits per heavy atom. The highest BCUT2D eigenvalue weighted by Crippen LogP contribution is 2.23. The van der Waals surface area contributed by atoms with Gasteiger partial charge >= 0.3 is 0 Å². The summed E-state index contributed by atoms with van der Waals surface area (Å²) in [7, 11) is 2.21. The van der Waals surface area contributed by atoms with E-state index in [1.54, 1.807) is 6.92 Å². The van der Waals surface area contributed by atoms with Gasteiger partial charge in [0.15, 0.2) is 0 Å². The van der Waals surface area contributed by atoms with Gasteiger partial charge in [-0.25, -0.2) is 0 Å². The summed E-state index contributed by atoms with van der Waals surface area (Å²) in [6, 6.07) is 6.86. The van der Waals surface area contributed by atoms with Crippen LogP contribution in [0, 0.1) is 13.8 Å². The lowest BCUT2D eigenvalue weighted by molar-refractivity contribution is 0.148. The maximum absolute atomic E-state index is 9.82. The molecule has 0 unspecified atom stereocenters. The number of aliphatic hydroxyl groups is 1. The van der Waals surface area contributed by atoms with E-state index in [1.807, 2.05) is 0 Å². The van der Waals surface area contributed by atoms with E-state index in [9.17, 15) is 5.11 Å². The molecule has 0 radical (unpaired) electrons. The van der Waals surface area contributed by atoms with Crippen molar-refractivity contribution in [3.63, 3.8) is 0 Å². The van der Waals surface area contributed by atoms with Crippen LogP contribution in [-0.2, 0) is 26.2 Å². The first kappa shape index (κ1) is 20.5. The molecule has 2 aliphatic rings. The number of rotatable bonds is 5. The van der Waals surface area contributed by atoms with Gasteiger partial charge in [0.25, 0.3) is 0 Å². The molecule has 0 aliphatic carbocycles. The normalized spacial score (nSPS) is 20.0. The molecule has 1 saturated heterocycles. The van der Waals surface area contributed by atoms with Crippen LogP contribution in [0.2, 0.25) is 0 Å². The zero-order valence-electron chi connectivity index (χ0n) is 18.4. The second-order valence-corrected chi connectivity index (χ2v) is 8.95. The minimum atomic E-state index is -0.502. The van der Waals surface area contributed by atoms with Crippen LogP contribution in [-0.4, -0.2) is 69.4 Å². The van der Waals surface area contributed by atoms with Crippen LogP contribution < -0.4 is 0 Å². The number of aliphatic hydroxyl groups excluding tert-OH is 1. The molecule has 0 saturated carbocycles. The van der Waals surface area contributed by atoms with E-state index >= 15 is 0 Å². The van der Waals surface area contributed by atoms with Crippen molar-refractivity contribution in [1.82, 2.24) is 24.5 Å². The first-order valence-electron chi connectivity index (χ1n) is 10.9. The third-order valence-corrected chi connectivity index (χ3v) is 6.50. The highest BCUT2D eigenvalue weighted by molar-refractivity contribution is 5.37. The molecular formula is C23H35N5O. The predicted octanol–water partition coefficient (Wildman–Crippen LogP) is 2.32. The Hall–Kier alpha value is -1.73. The molecule has 1 aromatic heterocycles. The van der Waals surface area contributed by atoms with Crippen molar-refractivity contribution in [3.8, 4) is 0 Å². The van der Waals surface area contributed by atoms with Crippen molar-refractivity contribution in [3.05, 3.63) is 51.8 Å². The van der Waals surface area contributed by atoms with Gasteiger partial charge in [-0.15, -0.1) is 0 Å². The average molecular weight is 398 g/mol. The Kier molecular flexibility index (Phi) is 6.06. The number of fused-ring (bicyclic) bond motifs is 1. The Labute approximate surface area is 174 Å². The Bertz CT molecular complexity index is 851. The zero-order chi connectivity index (χ0) is 20.5. The largest absolute Gasteiger partial charge is 0.387 e. The molecule has 1 atom stereocenters. The molecule has 1 fully saturated rings. The number of hydrogen-bond acceptors (Lipinski definition) is 5. The van der Waals surface area contributed by atoms with Crippen molar-refractivity contribution in [2.24, 2.45) is 0 Å². The lowest BCUT2D eigenvalue weighted by Gasteiger charge is -2.33. The quantitative estimate of drug-likeness (QED) is 0.839. The van der Waals surface area contributed by atoms with E-state index in [-0.39, 0.29) is 0 Å². The van der Waals surface area contributed by atoms with Gasteiger partial charge in [-0.05, 0) is 56.1 Å². The van der Waals surface area contributed by atoms with Crippen molar-refractivity contribution in [1.29, 1.82) is 0 Å². The SMILES string of the molecule is Cc1cc(C)c(CN2CCn3nc([C@@H](C)O)cc3C2)cc1CN1CCN(C)CC1. The number of nitrogens with zero attached hydrogens (tertiary/aromatic N) is 5. The van der Waals surface area contributed by atoms with Crippen LogP contribution >= 0.6 is 0 Å². The topological polar surface area (TPSA) is 47.8 Å². The maximum Gasteiger partial charge on any atom is 0.0950 e. The maximum atomic E-state index is 9.82. The molecule has 0 amide bonds. The van der Waals surface area contributed by atoms with E-state index in [0.29, 0.717) is 0 Å². The molecule has 0 spiro atoms. The fourth-order valence-corrected chi connectivity index (χ4v) is 4.46. The number of likely N-dealkylation sites (N-methyl/N-ethyl adjacent to an activating group) is 1. The van der Waals surface area contributed by atoms with E-state index in [1.165, 1.54) is 27.9 Å². The van der Waals surface area contributed by atoms with Crippen molar-refractivity contribution in [2.75, 3.05) is 39.8 Å². The minimum absolute atomic E-state index is 0.502. The van der Waals surface area contributed by atoms with Crippen LogP contribution in [0.5, 0.6) is 0 Å². The number of aryl methyl sites for hydroxylation is 2. The number of piperazine rings is 1. The predicted molar refractivity (Wildman–Crippen MR) is 116 cm³/mol. The van der Waals surface area contributed by atoms with Crippen LogP contribution in [0.15, 0.2) is 18.2 Å². The van der Waals surface area contributed by atoms with Gasteiger partial charge in [-0.3, -0.25) is 14.5 Å². The monoisotopic (exact) mass is 397 g/mol. The molecule has 3 heterocycles. The fraction of sp³-hybridized carbons (Fsp3) is 0.609.